The lowest BCUT2D eigenvalue weighted by molar-refractivity contribution is -0.137. The molecule has 0 radical (unpaired) electrons. The SMILES string of the molecule is COc1ccc(OC)c(CCN(CCC(=O)O)C(=O)c2ccccc2-c2ccccc2C(=O)NCc2cc(F)cc(F)c2)c1. The van der Waals surface area contributed by atoms with Gasteiger partial charge >= 0.3 is 5.97 Å². The molecule has 0 atom stereocenters. The molecule has 4 aromatic rings. The third-order valence-electron chi connectivity index (χ3n) is 7.02. The summed E-state index contributed by atoms with van der Waals surface area (Å²) in [6.07, 6.45) is 0.108. The van der Waals surface area contributed by atoms with Crippen molar-refractivity contribution in [2.45, 2.75) is 19.4 Å². The van der Waals surface area contributed by atoms with E-state index in [1.807, 2.05) is 0 Å². The number of aliphatic carboxylic acids is 1. The number of halogens is 2. The molecule has 4 aromatic carbocycles. The fraction of sp³-hybridized carbons (Fsp3) is 0.206. The van der Waals surface area contributed by atoms with Crippen molar-refractivity contribution in [1.82, 2.24) is 10.2 Å². The Morgan fingerprint density at radius 3 is 2.07 bits per heavy atom. The van der Waals surface area contributed by atoms with Gasteiger partial charge in [-0.3, -0.25) is 14.4 Å². The van der Waals surface area contributed by atoms with Crippen LogP contribution in [0.3, 0.4) is 0 Å². The van der Waals surface area contributed by atoms with Gasteiger partial charge in [0.05, 0.1) is 20.6 Å². The van der Waals surface area contributed by atoms with Gasteiger partial charge in [-0.15, -0.1) is 0 Å². The number of methoxy groups -OCH3 is 2. The van der Waals surface area contributed by atoms with Crippen LogP contribution in [0.25, 0.3) is 11.1 Å². The number of nitrogens with one attached hydrogen (secondary N) is 1. The number of benzene rings is 4. The molecule has 2 N–H and O–H groups in total. The first-order valence-electron chi connectivity index (χ1n) is 13.8. The van der Waals surface area contributed by atoms with Crippen LogP contribution in [0.2, 0.25) is 0 Å². The normalized spacial score (nSPS) is 10.6. The van der Waals surface area contributed by atoms with Crippen LogP contribution in [0.5, 0.6) is 11.5 Å². The van der Waals surface area contributed by atoms with Crippen molar-refractivity contribution in [1.29, 1.82) is 0 Å². The van der Waals surface area contributed by atoms with E-state index in [0.29, 0.717) is 29.0 Å². The number of carboxylic acid groups (broad SMARTS) is 1. The second-order valence-corrected chi connectivity index (χ2v) is 9.92. The van der Waals surface area contributed by atoms with Crippen molar-refractivity contribution in [2.24, 2.45) is 0 Å². The minimum absolute atomic E-state index is 0.0406. The molecule has 0 aliphatic heterocycles. The van der Waals surface area contributed by atoms with Crippen molar-refractivity contribution < 1.29 is 37.7 Å². The average molecular weight is 603 g/mol. The molecule has 0 heterocycles. The van der Waals surface area contributed by atoms with E-state index in [1.165, 1.54) is 4.90 Å². The molecule has 0 saturated carbocycles. The van der Waals surface area contributed by atoms with Crippen molar-refractivity contribution >= 4 is 17.8 Å². The zero-order valence-electron chi connectivity index (χ0n) is 24.3. The second-order valence-electron chi connectivity index (χ2n) is 9.92. The van der Waals surface area contributed by atoms with E-state index >= 15 is 0 Å². The standard InChI is InChI=1S/C34H32F2N2O6/c1-43-26-11-12-31(44-2)23(19-26)13-15-38(16-14-32(39)40)34(42)30-10-6-4-8-28(30)27-7-3-5-9-29(27)33(41)37-21-22-17-24(35)20-25(36)18-22/h3-12,17-20H,13-16,21H2,1-2H3,(H,37,41)(H,39,40). The Labute approximate surface area is 253 Å². The largest absolute Gasteiger partial charge is 0.497 e. The minimum atomic E-state index is -1.05. The molecule has 228 valence electrons. The molecule has 0 saturated heterocycles. The first kappa shape index (κ1) is 31.7. The zero-order chi connectivity index (χ0) is 31.6. The van der Waals surface area contributed by atoms with Crippen LogP contribution >= 0.6 is 0 Å². The molecule has 0 unspecified atom stereocenters. The molecule has 44 heavy (non-hydrogen) atoms. The van der Waals surface area contributed by atoms with E-state index in [0.717, 1.165) is 23.8 Å². The zero-order valence-corrected chi connectivity index (χ0v) is 24.3. The molecular weight excluding hydrogens is 570 g/mol. The Kier molecular flexibility index (Phi) is 10.6. The van der Waals surface area contributed by atoms with Gasteiger partial charge in [0.15, 0.2) is 0 Å². The van der Waals surface area contributed by atoms with E-state index in [1.54, 1.807) is 80.9 Å². The number of amides is 2. The van der Waals surface area contributed by atoms with E-state index in [2.05, 4.69) is 5.32 Å². The number of hydrogen-bond acceptors (Lipinski definition) is 5. The van der Waals surface area contributed by atoms with Gasteiger partial charge in [-0.05, 0) is 71.1 Å². The summed E-state index contributed by atoms with van der Waals surface area (Å²) >= 11 is 0. The van der Waals surface area contributed by atoms with Gasteiger partial charge in [0.25, 0.3) is 11.8 Å². The average Bonchev–Trinajstić information content (AvgIpc) is 3.02. The number of nitrogens with zero attached hydrogens (tertiary/aromatic N) is 1. The maximum atomic E-state index is 14.0. The molecule has 0 bridgehead atoms. The number of carboxylic acids is 1. The van der Waals surface area contributed by atoms with Crippen LogP contribution in [0, 0.1) is 11.6 Å². The van der Waals surface area contributed by atoms with E-state index in [4.69, 9.17) is 9.47 Å². The van der Waals surface area contributed by atoms with Crippen molar-refractivity contribution in [3.8, 4) is 22.6 Å². The summed E-state index contributed by atoms with van der Waals surface area (Å²) in [6.45, 7) is 0.0382. The van der Waals surface area contributed by atoms with E-state index < -0.39 is 29.4 Å². The minimum Gasteiger partial charge on any atom is -0.497 e. The molecular formula is C34H32F2N2O6. The first-order chi connectivity index (χ1) is 21.2. The number of hydrogen-bond donors (Lipinski definition) is 2. The topological polar surface area (TPSA) is 105 Å². The van der Waals surface area contributed by atoms with Crippen LogP contribution in [-0.4, -0.2) is 55.1 Å². The molecule has 10 heteroatoms. The molecule has 0 fully saturated rings. The summed E-state index contributed by atoms with van der Waals surface area (Å²) in [5.41, 5.74) is 2.51. The van der Waals surface area contributed by atoms with Gasteiger partial charge in [-0.1, -0.05) is 36.4 Å². The highest BCUT2D eigenvalue weighted by Crippen LogP contribution is 2.29. The van der Waals surface area contributed by atoms with Gasteiger partial charge < -0.3 is 24.8 Å². The molecule has 8 nitrogen and oxygen atoms in total. The third-order valence-corrected chi connectivity index (χ3v) is 7.02. The van der Waals surface area contributed by atoms with E-state index in [-0.39, 0.29) is 42.7 Å². The van der Waals surface area contributed by atoms with Crippen LogP contribution in [-0.2, 0) is 17.8 Å². The summed E-state index contributed by atoms with van der Waals surface area (Å²) in [6, 6.07) is 21.8. The van der Waals surface area contributed by atoms with Crippen molar-refractivity contribution in [3.63, 3.8) is 0 Å². The van der Waals surface area contributed by atoms with Gasteiger partial charge in [-0.2, -0.15) is 0 Å². The van der Waals surface area contributed by atoms with Crippen molar-refractivity contribution in [3.05, 3.63) is 119 Å². The summed E-state index contributed by atoms with van der Waals surface area (Å²) < 4.78 is 38.1. The molecule has 0 spiro atoms. The first-order valence-corrected chi connectivity index (χ1v) is 13.8. The summed E-state index contributed by atoms with van der Waals surface area (Å²) in [5.74, 6) is -2.23. The fourth-order valence-corrected chi connectivity index (χ4v) is 4.86. The number of carbonyl (C=O) groups is 3. The predicted molar refractivity (Wildman–Crippen MR) is 161 cm³/mol. The van der Waals surface area contributed by atoms with Gasteiger partial charge in [-0.25, -0.2) is 8.78 Å². The number of carbonyl (C=O) groups excluding carboxylic acids is 2. The van der Waals surface area contributed by atoms with E-state index in [9.17, 15) is 28.3 Å². The predicted octanol–water partition coefficient (Wildman–Crippen LogP) is 5.74. The van der Waals surface area contributed by atoms with Crippen LogP contribution in [0.15, 0.2) is 84.9 Å². The summed E-state index contributed by atoms with van der Waals surface area (Å²) in [7, 11) is 3.09. The third kappa shape index (κ3) is 7.97. The molecule has 0 aliphatic rings. The Morgan fingerprint density at radius 2 is 1.43 bits per heavy atom. The quantitative estimate of drug-likeness (QED) is 0.202. The lowest BCUT2D eigenvalue weighted by atomic mass is 9.94. The molecule has 0 aromatic heterocycles. The van der Waals surface area contributed by atoms with Crippen LogP contribution in [0.4, 0.5) is 8.78 Å². The highest BCUT2D eigenvalue weighted by atomic mass is 19.1. The molecule has 2 amide bonds. The summed E-state index contributed by atoms with van der Waals surface area (Å²) in [4.78, 5) is 40.2. The Bertz CT molecular complexity index is 1640. The number of ether oxygens (including phenoxy) is 2. The second kappa shape index (κ2) is 14.8. The Balaban J connectivity index is 1.62. The molecule has 4 rings (SSSR count). The monoisotopic (exact) mass is 602 g/mol. The van der Waals surface area contributed by atoms with Gasteiger partial charge in [0.2, 0.25) is 0 Å². The van der Waals surface area contributed by atoms with Crippen LogP contribution in [0.1, 0.15) is 38.3 Å². The summed E-state index contributed by atoms with van der Waals surface area (Å²) in [5, 5.41) is 12.1. The van der Waals surface area contributed by atoms with Crippen molar-refractivity contribution in [2.75, 3.05) is 27.3 Å². The number of rotatable bonds is 13. The smallest absolute Gasteiger partial charge is 0.305 e. The molecule has 0 aliphatic carbocycles. The maximum Gasteiger partial charge on any atom is 0.305 e. The van der Waals surface area contributed by atoms with Gasteiger partial charge in [0, 0.05) is 36.8 Å². The fourth-order valence-electron chi connectivity index (χ4n) is 4.86. The highest BCUT2D eigenvalue weighted by molar-refractivity contribution is 6.06. The Hall–Kier alpha value is -5.25. The lowest BCUT2D eigenvalue weighted by Gasteiger charge is -2.24. The lowest BCUT2D eigenvalue weighted by Crippen LogP contribution is -2.35. The maximum absolute atomic E-state index is 14.0. The Morgan fingerprint density at radius 1 is 0.795 bits per heavy atom. The van der Waals surface area contributed by atoms with Gasteiger partial charge in [0.1, 0.15) is 23.1 Å². The highest BCUT2D eigenvalue weighted by Gasteiger charge is 2.23. The van der Waals surface area contributed by atoms with Crippen LogP contribution < -0.4 is 14.8 Å².